The van der Waals surface area contributed by atoms with Crippen molar-refractivity contribution >= 4 is 18.0 Å². The molecule has 0 spiro atoms. The van der Waals surface area contributed by atoms with Gasteiger partial charge in [-0.05, 0) is 19.3 Å². The molecule has 0 heterocycles. The van der Waals surface area contributed by atoms with Gasteiger partial charge in [0.1, 0.15) is 0 Å². The molecule has 20 heavy (non-hydrogen) atoms. The van der Waals surface area contributed by atoms with Crippen molar-refractivity contribution in [3.8, 4) is 0 Å². The normalized spacial score (nSPS) is 21.9. The molecule has 0 aliphatic heterocycles. The SMILES string of the molecule is COC(=O)CCN(C)C(=O)NC1CCCC(C(=O)O)C1. The predicted molar refractivity (Wildman–Crippen MR) is 71.2 cm³/mol. The summed E-state index contributed by atoms with van der Waals surface area (Å²) < 4.78 is 4.51. The molecule has 114 valence electrons. The van der Waals surface area contributed by atoms with Crippen LogP contribution in [0, 0.1) is 5.92 Å². The number of methoxy groups -OCH3 is 1. The van der Waals surface area contributed by atoms with E-state index in [0.29, 0.717) is 12.8 Å². The van der Waals surface area contributed by atoms with Crippen molar-refractivity contribution in [2.24, 2.45) is 5.92 Å². The van der Waals surface area contributed by atoms with Crippen LogP contribution < -0.4 is 5.32 Å². The van der Waals surface area contributed by atoms with Gasteiger partial charge in [-0.15, -0.1) is 0 Å². The van der Waals surface area contributed by atoms with Gasteiger partial charge in [-0.3, -0.25) is 9.59 Å². The number of carboxylic acids is 1. The molecule has 2 amide bonds. The first-order chi connectivity index (χ1) is 9.43. The molecule has 2 atom stereocenters. The van der Waals surface area contributed by atoms with Crippen molar-refractivity contribution in [3.05, 3.63) is 0 Å². The molecule has 0 aromatic heterocycles. The lowest BCUT2D eigenvalue weighted by Crippen LogP contribution is -2.46. The highest BCUT2D eigenvalue weighted by atomic mass is 16.5. The van der Waals surface area contributed by atoms with E-state index in [4.69, 9.17) is 5.11 Å². The molecule has 0 aromatic rings. The van der Waals surface area contributed by atoms with E-state index in [-0.39, 0.29) is 36.9 Å². The lowest BCUT2D eigenvalue weighted by Gasteiger charge is -2.29. The van der Waals surface area contributed by atoms with Crippen LogP contribution in [0.25, 0.3) is 0 Å². The van der Waals surface area contributed by atoms with Crippen LogP contribution in [0.15, 0.2) is 0 Å². The Hall–Kier alpha value is -1.79. The number of carboxylic acid groups (broad SMARTS) is 1. The number of hydrogen-bond acceptors (Lipinski definition) is 4. The Morgan fingerprint density at radius 1 is 1.35 bits per heavy atom. The van der Waals surface area contributed by atoms with Crippen LogP contribution in [0.4, 0.5) is 4.79 Å². The average Bonchev–Trinajstić information content (AvgIpc) is 2.44. The van der Waals surface area contributed by atoms with Gasteiger partial charge in [0.05, 0.1) is 19.4 Å². The van der Waals surface area contributed by atoms with Crippen molar-refractivity contribution in [3.63, 3.8) is 0 Å². The minimum Gasteiger partial charge on any atom is -0.481 e. The third-order valence-corrected chi connectivity index (χ3v) is 3.58. The highest BCUT2D eigenvalue weighted by Crippen LogP contribution is 2.24. The van der Waals surface area contributed by atoms with Gasteiger partial charge in [0.2, 0.25) is 0 Å². The molecule has 7 heteroatoms. The second-order valence-corrected chi connectivity index (χ2v) is 5.10. The summed E-state index contributed by atoms with van der Waals surface area (Å²) in [5.74, 6) is -1.55. The van der Waals surface area contributed by atoms with E-state index in [2.05, 4.69) is 10.1 Å². The molecule has 0 radical (unpaired) electrons. The predicted octanol–water partition coefficient (Wildman–Crippen LogP) is 0.834. The first-order valence-electron chi connectivity index (χ1n) is 6.75. The van der Waals surface area contributed by atoms with E-state index in [1.807, 2.05) is 0 Å². The minimum absolute atomic E-state index is 0.113. The second kappa shape index (κ2) is 7.72. The zero-order chi connectivity index (χ0) is 15.1. The molecule has 2 N–H and O–H groups in total. The fourth-order valence-electron chi connectivity index (χ4n) is 2.29. The summed E-state index contributed by atoms with van der Waals surface area (Å²) in [6.45, 7) is 0.271. The van der Waals surface area contributed by atoms with Crippen LogP contribution >= 0.6 is 0 Å². The van der Waals surface area contributed by atoms with Crippen molar-refractivity contribution in [2.75, 3.05) is 20.7 Å². The Morgan fingerprint density at radius 3 is 2.65 bits per heavy atom. The van der Waals surface area contributed by atoms with E-state index in [1.54, 1.807) is 7.05 Å². The Bertz CT molecular complexity index is 372. The van der Waals surface area contributed by atoms with Crippen molar-refractivity contribution in [1.29, 1.82) is 0 Å². The standard InChI is InChI=1S/C13H22N2O5/c1-15(7-6-11(16)20-2)13(19)14-10-5-3-4-9(8-10)12(17)18/h9-10H,3-8H2,1-2H3,(H,14,19)(H,17,18). The fourth-order valence-corrected chi connectivity index (χ4v) is 2.29. The van der Waals surface area contributed by atoms with Gasteiger partial charge in [-0.25, -0.2) is 4.79 Å². The smallest absolute Gasteiger partial charge is 0.317 e. The number of hydrogen-bond donors (Lipinski definition) is 2. The summed E-state index contributed by atoms with van der Waals surface area (Å²) in [4.78, 5) is 35.3. The number of aliphatic carboxylic acids is 1. The number of carbonyl (C=O) groups excluding carboxylic acids is 2. The molecule has 0 aromatic carbocycles. The van der Waals surface area contributed by atoms with Gasteiger partial charge < -0.3 is 20.1 Å². The van der Waals surface area contributed by atoms with E-state index >= 15 is 0 Å². The monoisotopic (exact) mass is 286 g/mol. The summed E-state index contributed by atoms with van der Waals surface area (Å²) in [7, 11) is 2.90. The molecule has 1 aliphatic rings. The highest BCUT2D eigenvalue weighted by Gasteiger charge is 2.28. The minimum atomic E-state index is -0.803. The summed E-state index contributed by atoms with van der Waals surface area (Å²) >= 11 is 0. The van der Waals surface area contributed by atoms with Crippen LogP contribution in [0.1, 0.15) is 32.1 Å². The van der Waals surface area contributed by atoms with Gasteiger partial charge in [0.15, 0.2) is 0 Å². The largest absolute Gasteiger partial charge is 0.481 e. The number of urea groups is 1. The van der Waals surface area contributed by atoms with Crippen LogP contribution in [-0.4, -0.2) is 54.7 Å². The quantitative estimate of drug-likeness (QED) is 0.730. The van der Waals surface area contributed by atoms with Gasteiger partial charge in [-0.1, -0.05) is 6.42 Å². The van der Waals surface area contributed by atoms with E-state index in [9.17, 15) is 14.4 Å². The number of amides is 2. The third-order valence-electron chi connectivity index (χ3n) is 3.58. The van der Waals surface area contributed by atoms with Crippen LogP contribution in [0.3, 0.4) is 0 Å². The third kappa shape index (κ3) is 5.07. The number of carbonyl (C=O) groups is 3. The highest BCUT2D eigenvalue weighted by molar-refractivity contribution is 5.76. The first-order valence-corrected chi connectivity index (χ1v) is 6.75. The van der Waals surface area contributed by atoms with Gasteiger partial charge in [-0.2, -0.15) is 0 Å². The lowest BCUT2D eigenvalue weighted by atomic mass is 9.86. The number of ether oxygens (including phenoxy) is 1. The van der Waals surface area contributed by atoms with E-state index in [1.165, 1.54) is 12.0 Å². The maximum absolute atomic E-state index is 11.9. The maximum Gasteiger partial charge on any atom is 0.317 e. The van der Waals surface area contributed by atoms with Crippen molar-refractivity contribution in [1.82, 2.24) is 10.2 Å². The molecule has 2 unspecified atom stereocenters. The Labute approximate surface area is 118 Å². The zero-order valence-corrected chi connectivity index (χ0v) is 11.9. The maximum atomic E-state index is 11.9. The Kier molecular flexibility index (Phi) is 6.27. The molecule has 0 bridgehead atoms. The van der Waals surface area contributed by atoms with Gasteiger partial charge in [0, 0.05) is 19.6 Å². The zero-order valence-electron chi connectivity index (χ0n) is 11.9. The summed E-state index contributed by atoms with van der Waals surface area (Å²) in [5, 5.41) is 11.8. The molecule has 1 aliphatic carbocycles. The Morgan fingerprint density at radius 2 is 2.05 bits per heavy atom. The van der Waals surface area contributed by atoms with Gasteiger partial charge >= 0.3 is 18.0 Å². The van der Waals surface area contributed by atoms with Gasteiger partial charge in [0.25, 0.3) is 0 Å². The first kappa shape index (κ1) is 16.3. The lowest BCUT2D eigenvalue weighted by molar-refractivity contribution is -0.143. The topological polar surface area (TPSA) is 95.9 Å². The summed E-state index contributed by atoms with van der Waals surface area (Å²) in [5.41, 5.74) is 0. The summed E-state index contributed by atoms with van der Waals surface area (Å²) in [6, 6.07) is -0.400. The second-order valence-electron chi connectivity index (χ2n) is 5.10. The molecule has 1 saturated carbocycles. The fraction of sp³-hybridized carbons (Fsp3) is 0.769. The van der Waals surface area contributed by atoms with Crippen molar-refractivity contribution < 1.29 is 24.2 Å². The van der Waals surface area contributed by atoms with E-state index < -0.39 is 5.97 Å². The summed E-state index contributed by atoms with van der Waals surface area (Å²) in [6.07, 6.45) is 2.86. The average molecular weight is 286 g/mol. The number of nitrogens with zero attached hydrogens (tertiary/aromatic N) is 1. The molecule has 7 nitrogen and oxygen atoms in total. The molecular formula is C13H22N2O5. The molecule has 1 rings (SSSR count). The number of rotatable bonds is 5. The molecule has 0 saturated heterocycles. The molecule has 1 fully saturated rings. The number of esters is 1. The Balaban J connectivity index is 2.37. The molecular weight excluding hydrogens is 264 g/mol. The van der Waals surface area contributed by atoms with E-state index in [0.717, 1.165) is 12.8 Å². The number of nitrogens with one attached hydrogen (secondary N) is 1. The van der Waals surface area contributed by atoms with Crippen LogP contribution in [-0.2, 0) is 14.3 Å². The van der Waals surface area contributed by atoms with Crippen LogP contribution in [0.5, 0.6) is 0 Å². The van der Waals surface area contributed by atoms with Crippen molar-refractivity contribution in [2.45, 2.75) is 38.1 Å². The van der Waals surface area contributed by atoms with Crippen LogP contribution in [0.2, 0.25) is 0 Å².